The molecule has 0 saturated carbocycles. The molecule has 160 valence electrons. The Morgan fingerprint density at radius 1 is 1.21 bits per heavy atom. The van der Waals surface area contributed by atoms with E-state index in [0.717, 1.165) is 17.6 Å². The first-order valence-electron chi connectivity index (χ1n) is 10.1. The molecule has 0 aliphatic carbocycles. The van der Waals surface area contributed by atoms with Crippen LogP contribution in [-0.2, 0) is 6.42 Å². The van der Waals surface area contributed by atoms with Gasteiger partial charge in [0, 0.05) is 17.9 Å². The zero-order valence-electron chi connectivity index (χ0n) is 19.1. The highest BCUT2D eigenvalue weighted by Gasteiger charge is 2.14. The summed E-state index contributed by atoms with van der Waals surface area (Å²) in [5, 5.41) is 10.2. The van der Waals surface area contributed by atoms with Gasteiger partial charge in [0.15, 0.2) is 5.43 Å². The first-order chi connectivity index (χ1) is 13.6. The molecule has 1 aromatic heterocycles. The molecule has 29 heavy (non-hydrogen) atoms. The van der Waals surface area contributed by atoms with Gasteiger partial charge in [0.2, 0.25) is 0 Å². The van der Waals surface area contributed by atoms with Crippen molar-refractivity contribution < 1.29 is 14.3 Å². The van der Waals surface area contributed by atoms with E-state index in [2.05, 4.69) is 31.2 Å². The highest BCUT2D eigenvalue weighted by Crippen LogP contribution is 2.20. The molecule has 0 aliphatic heterocycles. The van der Waals surface area contributed by atoms with E-state index in [9.17, 15) is 9.90 Å². The SMILES string of the molecule is C/C=C(\C)[C@@H](O)[C@H](C)/C=C(C)/C=C/C/C(C)=C/Cc1oc(OC)c(C)c(=O)c1C. The number of hydrogen-bond donors (Lipinski definition) is 1. The molecular weight excluding hydrogens is 364 g/mol. The molecule has 4 nitrogen and oxygen atoms in total. The van der Waals surface area contributed by atoms with E-state index < -0.39 is 6.10 Å². The number of ether oxygens (including phenoxy) is 1. The zero-order valence-corrected chi connectivity index (χ0v) is 19.1. The summed E-state index contributed by atoms with van der Waals surface area (Å²) in [7, 11) is 1.51. The van der Waals surface area contributed by atoms with Crippen LogP contribution >= 0.6 is 0 Å². The van der Waals surface area contributed by atoms with Crippen molar-refractivity contribution >= 4 is 0 Å². The molecule has 0 aromatic carbocycles. The van der Waals surface area contributed by atoms with Crippen LogP contribution in [0.2, 0.25) is 0 Å². The van der Waals surface area contributed by atoms with E-state index in [4.69, 9.17) is 9.15 Å². The summed E-state index contributed by atoms with van der Waals surface area (Å²) in [4.78, 5) is 12.3. The largest absolute Gasteiger partial charge is 0.468 e. The Balaban J connectivity index is 2.77. The molecule has 4 heteroatoms. The molecule has 0 spiro atoms. The van der Waals surface area contributed by atoms with E-state index in [0.29, 0.717) is 23.3 Å². The minimum atomic E-state index is -0.450. The third-order valence-corrected chi connectivity index (χ3v) is 5.21. The van der Waals surface area contributed by atoms with Crippen molar-refractivity contribution in [1.29, 1.82) is 0 Å². The molecule has 0 fully saturated rings. The van der Waals surface area contributed by atoms with Gasteiger partial charge in [-0.3, -0.25) is 4.79 Å². The first-order valence-corrected chi connectivity index (χ1v) is 10.1. The van der Waals surface area contributed by atoms with Crippen LogP contribution < -0.4 is 10.2 Å². The minimum absolute atomic E-state index is 0.0285. The molecule has 0 bridgehead atoms. The topological polar surface area (TPSA) is 59.7 Å². The lowest BCUT2D eigenvalue weighted by Gasteiger charge is -2.16. The van der Waals surface area contributed by atoms with Gasteiger partial charge in [0.25, 0.3) is 5.95 Å². The maximum Gasteiger partial charge on any atom is 0.291 e. The van der Waals surface area contributed by atoms with Crippen LogP contribution in [-0.4, -0.2) is 18.3 Å². The van der Waals surface area contributed by atoms with E-state index in [1.807, 2.05) is 33.8 Å². The van der Waals surface area contributed by atoms with E-state index in [1.54, 1.807) is 13.8 Å². The van der Waals surface area contributed by atoms with Crippen LogP contribution in [0.3, 0.4) is 0 Å². The Bertz CT molecular complexity index is 866. The van der Waals surface area contributed by atoms with E-state index in [-0.39, 0.29) is 17.3 Å². The van der Waals surface area contributed by atoms with Crippen molar-refractivity contribution in [3.63, 3.8) is 0 Å². The lowest BCUT2D eigenvalue weighted by atomic mass is 9.96. The Hall–Kier alpha value is -2.33. The molecule has 0 aliphatic rings. The van der Waals surface area contributed by atoms with Crippen LogP contribution in [0.25, 0.3) is 0 Å². The number of aliphatic hydroxyl groups is 1. The summed E-state index contributed by atoms with van der Waals surface area (Å²) in [6, 6.07) is 0. The van der Waals surface area contributed by atoms with Crippen molar-refractivity contribution in [2.75, 3.05) is 7.11 Å². The average Bonchev–Trinajstić information content (AvgIpc) is 2.70. The van der Waals surface area contributed by atoms with Crippen LogP contribution in [0.4, 0.5) is 0 Å². The maximum atomic E-state index is 12.3. The van der Waals surface area contributed by atoms with Crippen LogP contribution in [0.1, 0.15) is 57.9 Å². The molecular formula is C25H36O4. The summed E-state index contributed by atoms with van der Waals surface area (Å²) >= 11 is 0. The second-order valence-electron chi connectivity index (χ2n) is 7.70. The van der Waals surface area contributed by atoms with Gasteiger partial charge in [0.05, 0.1) is 18.8 Å². The number of hydrogen-bond acceptors (Lipinski definition) is 4. The molecule has 0 amide bonds. The van der Waals surface area contributed by atoms with E-state index in [1.165, 1.54) is 12.7 Å². The number of allylic oxidation sites excluding steroid dienone is 6. The molecule has 1 rings (SSSR count). The van der Waals surface area contributed by atoms with Gasteiger partial charge in [0.1, 0.15) is 5.76 Å². The second-order valence-corrected chi connectivity index (χ2v) is 7.70. The summed E-state index contributed by atoms with van der Waals surface area (Å²) < 4.78 is 10.9. The lowest BCUT2D eigenvalue weighted by Crippen LogP contribution is -2.17. The first kappa shape index (κ1) is 24.7. The van der Waals surface area contributed by atoms with Crippen LogP contribution in [0.15, 0.2) is 56.3 Å². The quantitative estimate of drug-likeness (QED) is 0.432. The van der Waals surface area contributed by atoms with Gasteiger partial charge >= 0.3 is 0 Å². The van der Waals surface area contributed by atoms with Crippen molar-refractivity contribution in [1.82, 2.24) is 0 Å². The summed E-state index contributed by atoms with van der Waals surface area (Å²) in [6.07, 6.45) is 11.2. The fraction of sp³-hybridized carbons (Fsp3) is 0.480. The fourth-order valence-electron chi connectivity index (χ4n) is 3.08. The predicted molar refractivity (Wildman–Crippen MR) is 121 cm³/mol. The van der Waals surface area contributed by atoms with Gasteiger partial charge in [-0.2, -0.15) is 0 Å². The van der Waals surface area contributed by atoms with Gasteiger partial charge in [-0.25, -0.2) is 0 Å². The smallest absolute Gasteiger partial charge is 0.291 e. The van der Waals surface area contributed by atoms with E-state index >= 15 is 0 Å². The average molecular weight is 401 g/mol. The summed E-state index contributed by atoms with van der Waals surface area (Å²) in [5.74, 6) is 0.987. The number of methoxy groups -OCH3 is 1. The molecule has 1 heterocycles. The molecule has 0 radical (unpaired) electrons. The Morgan fingerprint density at radius 2 is 1.86 bits per heavy atom. The highest BCUT2D eigenvalue weighted by atomic mass is 16.6. The lowest BCUT2D eigenvalue weighted by molar-refractivity contribution is 0.173. The molecule has 1 aromatic rings. The van der Waals surface area contributed by atoms with Crippen LogP contribution in [0, 0.1) is 19.8 Å². The predicted octanol–water partition coefficient (Wildman–Crippen LogP) is 5.61. The highest BCUT2D eigenvalue weighted by molar-refractivity contribution is 5.30. The summed E-state index contributed by atoms with van der Waals surface area (Å²) in [5.41, 5.74) is 4.40. The monoisotopic (exact) mass is 400 g/mol. The number of rotatable bonds is 9. The zero-order chi connectivity index (χ0) is 22.1. The third kappa shape index (κ3) is 7.21. The molecule has 2 atom stereocenters. The molecule has 0 saturated heterocycles. The normalized spacial score (nSPS) is 15.7. The Morgan fingerprint density at radius 3 is 2.45 bits per heavy atom. The van der Waals surface area contributed by atoms with Gasteiger partial charge in [-0.1, -0.05) is 48.5 Å². The summed E-state index contributed by atoms with van der Waals surface area (Å²) in [6.45, 7) is 13.5. The van der Waals surface area contributed by atoms with Crippen molar-refractivity contribution in [2.45, 2.75) is 67.4 Å². The number of aliphatic hydroxyl groups excluding tert-OH is 1. The standard InChI is InChI=1S/C25H36O4/c1-9-18(4)23(26)19(5)15-17(3)12-10-11-16(2)13-14-22-20(6)24(27)21(7)25(28-8)29-22/h9-10,12-13,15,19,23,26H,11,14H2,1-8H3/b12-10+,16-13+,17-15+,18-9+/t19-,23-/m1/s1. The minimum Gasteiger partial charge on any atom is -0.468 e. The Kier molecular flexibility index (Phi) is 9.90. The maximum absolute atomic E-state index is 12.3. The second kappa shape index (κ2) is 11.6. The van der Waals surface area contributed by atoms with Crippen molar-refractivity contribution in [2.24, 2.45) is 5.92 Å². The molecule has 0 unspecified atom stereocenters. The van der Waals surface area contributed by atoms with Gasteiger partial charge in [-0.05, 0) is 53.5 Å². The fourth-order valence-corrected chi connectivity index (χ4v) is 3.08. The van der Waals surface area contributed by atoms with Crippen molar-refractivity contribution in [3.8, 4) is 5.95 Å². The van der Waals surface area contributed by atoms with Crippen LogP contribution in [0.5, 0.6) is 5.95 Å². The Labute approximate surface area is 175 Å². The van der Waals surface area contributed by atoms with Gasteiger partial charge in [-0.15, -0.1) is 0 Å². The third-order valence-electron chi connectivity index (χ3n) is 5.21. The van der Waals surface area contributed by atoms with Gasteiger partial charge < -0.3 is 14.3 Å². The molecule has 1 N–H and O–H groups in total. The van der Waals surface area contributed by atoms with Crippen molar-refractivity contribution in [3.05, 3.63) is 74.2 Å².